The van der Waals surface area contributed by atoms with E-state index in [-0.39, 0.29) is 34.1 Å². The highest BCUT2D eigenvalue weighted by molar-refractivity contribution is 7.86. The van der Waals surface area contributed by atoms with E-state index in [2.05, 4.69) is 0 Å². The molecule has 10 N–H and O–H groups in total. The number of nitrogen functional groups attached to an aromatic ring is 2. The predicted octanol–water partition coefficient (Wildman–Crippen LogP) is 2.09. The number of carbonyl (C=O) groups is 2. The first-order valence-electron chi connectivity index (χ1n) is 10.1. The van der Waals surface area contributed by atoms with Crippen molar-refractivity contribution in [1.29, 1.82) is 0 Å². The van der Waals surface area contributed by atoms with Crippen molar-refractivity contribution < 1.29 is 35.5 Å². The molecule has 196 valence electrons. The maximum Gasteiger partial charge on any atom is 0.323 e. The summed E-state index contributed by atoms with van der Waals surface area (Å²) in [5.41, 5.74) is 22.8. The minimum Gasteiger partial charge on any atom is -0.398 e. The topological polar surface area (TPSA) is 253 Å². The molecule has 0 aromatic heterocycles. The Morgan fingerprint density at radius 3 is 1.43 bits per heavy atom. The fourth-order valence-corrected chi connectivity index (χ4v) is 4.78. The summed E-state index contributed by atoms with van der Waals surface area (Å²) in [7, 11) is -9.25. The number of primary amides is 2. The highest BCUT2D eigenvalue weighted by atomic mass is 32.2. The van der Waals surface area contributed by atoms with Crippen LogP contribution in [-0.4, -0.2) is 38.0 Å². The first kappa shape index (κ1) is 27.2. The number of nitrogens with two attached hydrogens (primary N) is 4. The summed E-state index contributed by atoms with van der Waals surface area (Å²) >= 11 is 0. The molecule has 3 rings (SSSR count). The molecular weight excluding hydrogens is 528 g/mol. The number of amides is 4. The molecule has 0 fully saturated rings. The van der Waals surface area contributed by atoms with Crippen molar-refractivity contribution in [1.82, 2.24) is 0 Å². The number of urea groups is 2. The molecular formula is C21H22N6O8S2. The van der Waals surface area contributed by atoms with Crippen LogP contribution in [0.3, 0.4) is 0 Å². The molecule has 0 saturated carbocycles. The Hall–Kier alpha value is -4.38. The van der Waals surface area contributed by atoms with E-state index < -0.39 is 42.1 Å². The molecule has 3 aromatic carbocycles. The first-order valence-corrected chi connectivity index (χ1v) is 12.9. The first-order chi connectivity index (χ1) is 17.0. The van der Waals surface area contributed by atoms with Gasteiger partial charge in [0.1, 0.15) is 9.79 Å². The van der Waals surface area contributed by atoms with Crippen LogP contribution in [0.15, 0.2) is 64.4 Å². The highest BCUT2D eigenvalue weighted by Gasteiger charge is 2.24. The average Bonchev–Trinajstić information content (AvgIpc) is 2.74. The standard InChI is InChI=1S/C21H22N6O8S2/c1-11-2-3-14(26(20(24)28)12-4-6-18(15(22)8-12)36(30,31)32)10-17(11)27(21(25)29)13-5-7-19(16(23)9-13)37(33,34)35/h2-10H,22-23H2,1H3,(H2,24,28)(H2,25,29)(H,30,31,32)(H,33,34,35). The number of hydrogen-bond acceptors (Lipinski definition) is 8. The van der Waals surface area contributed by atoms with Gasteiger partial charge in [-0.25, -0.2) is 9.59 Å². The average molecular weight is 551 g/mol. The van der Waals surface area contributed by atoms with Crippen LogP contribution in [0.5, 0.6) is 0 Å². The monoisotopic (exact) mass is 550 g/mol. The van der Waals surface area contributed by atoms with E-state index in [1.165, 1.54) is 30.3 Å². The van der Waals surface area contributed by atoms with Crippen molar-refractivity contribution in [3.8, 4) is 0 Å². The molecule has 0 atom stereocenters. The van der Waals surface area contributed by atoms with Gasteiger partial charge >= 0.3 is 12.1 Å². The number of aryl methyl sites for hydroxylation is 1. The molecule has 0 unspecified atom stereocenters. The smallest absolute Gasteiger partial charge is 0.323 e. The van der Waals surface area contributed by atoms with Gasteiger partial charge in [-0.05, 0) is 61.0 Å². The molecule has 14 nitrogen and oxygen atoms in total. The van der Waals surface area contributed by atoms with Crippen molar-refractivity contribution in [3.63, 3.8) is 0 Å². The molecule has 0 radical (unpaired) electrons. The van der Waals surface area contributed by atoms with Gasteiger partial charge in [0, 0.05) is 0 Å². The number of rotatable bonds is 6. The Kier molecular flexibility index (Phi) is 7.05. The molecule has 0 aliphatic rings. The predicted molar refractivity (Wildman–Crippen MR) is 136 cm³/mol. The molecule has 0 aliphatic carbocycles. The van der Waals surface area contributed by atoms with Gasteiger partial charge in [0.2, 0.25) is 0 Å². The number of hydrogen-bond donors (Lipinski definition) is 6. The summed E-state index contributed by atoms with van der Waals surface area (Å²) in [4.78, 5) is 25.6. The van der Waals surface area contributed by atoms with Gasteiger partial charge in [0.15, 0.2) is 0 Å². The summed E-state index contributed by atoms with van der Waals surface area (Å²) in [6, 6.07) is 8.95. The van der Waals surface area contributed by atoms with E-state index in [0.29, 0.717) is 5.56 Å². The van der Waals surface area contributed by atoms with Crippen LogP contribution in [0.2, 0.25) is 0 Å². The third kappa shape index (κ3) is 5.56. The molecule has 37 heavy (non-hydrogen) atoms. The largest absolute Gasteiger partial charge is 0.398 e. The highest BCUT2D eigenvalue weighted by Crippen LogP contribution is 2.37. The van der Waals surface area contributed by atoms with Gasteiger partial charge in [-0.15, -0.1) is 0 Å². The van der Waals surface area contributed by atoms with E-state index in [9.17, 15) is 35.5 Å². The Morgan fingerprint density at radius 1 is 0.676 bits per heavy atom. The second-order valence-corrected chi connectivity index (χ2v) is 10.5. The van der Waals surface area contributed by atoms with Crippen LogP contribution in [-0.2, 0) is 20.2 Å². The molecule has 3 aromatic rings. The maximum atomic E-state index is 12.4. The Morgan fingerprint density at radius 2 is 1.05 bits per heavy atom. The quantitative estimate of drug-likeness (QED) is 0.192. The van der Waals surface area contributed by atoms with E-state index in [1.807, 2.05) is 0 Å². The molecule has 0 heterocycles. The Bertz CT molecular complexity index is 1640. The molecule has 0 spiro atoms. The van der Waals surface area contributed by atoms with Gasteiger partial charge in [0.25, 0.3) is 20.2 Å². The molecule has 0 aliphatic heterocycles. The van der Waals surface area contributed by atoms with Crippen LogP contribution in [0.1, 0.15) is 5.56 Å². The van der Waals surface area contributed by atoms with Crippen LogP contribution in [0.25, 0.3) is 0 Å². The summed E-state index contributed by atoms with van der Waals surface area (Å²) in [6.07, 6.45) is 0. The number of anilines is 6. The van der Waals surface area contributed by atoms with Crippen LogP contribution < -0.4 is 32.7 Å². The zero-order chi connectivity index (χ0) is 27.9. The number of carbonyl (C=O) groups excluding carboxylic acids is 2. The summed E-state index contributed by atoms with van der Waals surface area (Å²) in [5.74, 6) is 0. The lowest BCUT2D eigenvalue weighted by Gasteiger charge is -2.27. The van der Waals surface area contributed by atoms with Gasteiger partial charge in [-0.3, -0.25) is 18.9 Å². The lowest BCUT2D eigenvalue weighted by atomic mass is 10.1. The second-order valence-electron chi connectivity index (χ2n) is 7.71. The van der Waals surface area contributed by atoms with Crippen LogP contribution >= 0.6 is 0 Å². The number of benzene rings is 3. The third-order valence-corrected chi connectivity index (χ3v) is 7.05. The molecule has 0 bridgehead atoms. The maximum absolute atomic E-state index is 12.4. The lowest BCUT2D eigenvalue weighted by Crippen LogP contribution is -2.34. The van der Waals surface area contributed by atoms with Gasteiger partial charge in [0.05, 0.1) is 34.1 Å². The van der Waals surface area contributed by atoms with E-state index in [4.69, 9.17) is 22.9 Å². The molecule has 16 heteroatoms. The Labute approximate surface area is 211 Å². The fourth-order valence-electron chi connectivity index (χ4n) is 3.59. The fraction of sp³-hybridized carbons (Fsp3) is 0.0476. The van der Waals surface area contributed by atoms with Gasteiger partial charge < -0.3 is 22.9 Å². The minimum absolute atomic E-state index is 0.0413. The molecule has 4 amide bonds. The van der Waals surface area contributed by atoms with E-state index >= 15 is 0 Å². The number of nitrogens with zero attached hydrogens (tertiary/aromatic N) is 2. The normalized spacial score (nSPS) is 11.6. The second kappa shape index (κ2) is 9.58. The third-order valence-electron chi connectivity index (χ3n) is 5.19. The zero-order valence-electron chi connectivity index (χ0n) is 19.1. The summed E-state index contributed by atoms with van der Waals surface area (Å²) in [6.45, 7) is 1.62. The van der Waals surface area contributed by atoms with E-state index in [0.717, 1.165) is 34.1 Å². The van der Waals surface area contributed by atoms with Crippen molar-refractivity contribution in [3.05, 3.63) is 60.2 Å². The van der Waals surface area contributed by atoms with Crippen molar-refractivity contribution >= 4 is 66.4 Å². The summed E-state index contributed by atoms with van der Waals surface area (Å²) < 4.78 is 64.4. The van der Waals surface area contributed by atoms with Crippen molar-refractivity contribution in [2.75, 3.05) is 21.3 Å². The SMILES string of the molecule is Cc1ccc(N(C(N)=O)c2ccc(S(=O)(=O)O)c(N)c2)cc1N(C(N)=O)c1ccc(S(=O)(=O)O)c(N)c1. The minimum atomic E-state index is -4.62. The summed E-state index contributed by atoms with van der Waals surface area (Å²) in [5, 5.41) is 0. The lowest BCUT2D eigenvalue weighted by molar-refractivity contribution is 0.255. The van der Waals surface area contributed by atoms with Gasteiger partial charge in [-0.2, -0.15) is 16.8 Å². The molecule has 0 saturated heterocycles. The van der Waals surface area contributed by atoms with Crippen molar-refractivity contribution in [2.24, 2.45) is 11.5 Å². The van der Waals surface area contributed by atoms with Crippen molar-refractivity contribution in [2.45, 2.75) is 16.7 Å². The van der Waals surface area contributed by atoms with Gasteiger partial charge in [-0.1, -0.05) is 6.07 Å². The van der Waals surface area contributed by atoms with Crippen LogP contribution in [0, 0.1) is 6.92 Å². The van der Waals surface area contributed by atoms with E-state index in [1.54, 1.807) is 6.92 Å². The zero-order valence-corrected chi connectivity index (χ0v) is 20.7. The Balaban J connectivity index is 2.17. The van der Waals surface area contributed by atoms with Crippen LogP contribution in [0.4, 0.5) is 43.7 Å².